The summed E-state index contributed by atoms with van der Waals surface area (Å²) in [5.74, 6) is 0.974. The number of rotatable bonds is 5. The molecule has 0 spiro atoms. The molecular weight excluding hydrogens is 260 g/mol. The molecule has 0 aliphatic carbocycles. The molecule has 1 amide bonds. The van der Waals surface area contributed by atoms with Gasteiger partial charge in [-0.05, 0) is 50.1 Å². The Balaban J connectivity index is 0.00000324. The molecule has 1 atom stereocenters. The van der Waals surface area contributed by atoms with Crippen LogP contribution in [0.5, 0.6) is 0 Å². The number of carbonyl (C=O) groups excluding carboxylic acids is 1. The number of carbonyl (C=O) groups is 1. The average molecular weight is 291 g/mol. The van der Waals surface area contributed by atoms with Crippen LogP contribution in [-0.2, 0) is 4.79 Å². The fraction of sp³-hybridized carbons (Fsp3) is 0.933. The molecule has 2 N–H and O–H groups in total. The normalized spacial score (nSPS) is 18.5. The molecule has 19 heavy (non-hydrogen) atoms. The van der Waals surface area contributed by atoms with Crippen molar-refractivity contribution in [1.29, 1.82) is 0 Å². The molecule has 0 aromatic rings. The smallest absolute Gasteiger partial charge is 0.220 e. The summed E-state index contributed by atoms with van der Waals surface area (Å²) in [6.07, 6.45) is 5.20. The summed E-state index contributed by atoms with van der Waals surface area (Å²) in [7, 11) is 0. The van der Waals surface area contributed by atoms with E-state index in [1.54, 1.807) is 0 Å². The van der Waals surface area contributed by atoms with E-state index >= 15 is 0 Å². The van der Waals surface area contributed by atoms with Crippen molar-refractivity contribution in [3.63, 3.8) is 0 Å². The Hall–Kier alpha value is -0.280. The summed E-state index contributed by atoms with van der Waals surface area (Å²) in [6.45, 7) is 10.9. The van der Waals surface area contributed by atoms with Crippen molar-refractivity contribution in [3.8, 4) is 0 Å². The zero-order valence-corrected chi connectivity index (χ0v) is 13.7. The van der Waals surface area contributed by atoms with Gasteiger partial charge in [0.05, 0.1) is 0 Å². The minimum Gasteiger partial charge on any atom is -0.353 e. The van der Waals surface area contributed by atoms with E-state index in [1.165, 1.54) is 12.8 Å². The van der Waals surface area contributed by atoms with Crippen LogP contribution < -0.4 is 10.6 Å². The minimum absolute atomic E-state index is 0. The van der Waals surface area contributed by atoms with Crippen LogP contribution in [0.1, 0.15) is 59.8 Å². The standard InChI is InChI=1S/C15H30N2O.ClH/c1-5-13(15(2,3)4)17-14(18)7-6-12-8-10-16-11-9-12;/h12-13,16H,5-11H2,1-4H3,(H,17,18);1H. The fourth-order valence-corrected chi connectivity index (χ4v) is 2.70. The Morgan fingerprint density at radius 3 is 2.37 bits per heavy atom. The van der Waals surface area contributed by atoms with Crippen molar-refractivity contribution in [2.24, 2.45) is 11.3 Å². The molecule has 0 bridgehead atoms. The lowest BCUT2D eigenvalue weighted by Crippen LogP contribution is -2.43. The van der Waals surface area contributed by atoms with Crippen LogP contribution in [0.3, 0.4) is 0 Å². The number of halogens is 1. The molecule has 1 fully saturated rings. The fourth-order valence-electron chi connectivity index (χ4n) is 2.70. The molecule has 0 radical (unpaired) electrons. The third kappa shape index (κ3) is 7.17. The molecular formula is C15H31ClN2O. The first kappa shape index (κ1) is 18.7. The highest BCUT2D eigenvalue weighted by molar-refractivity contribution is 5.85. The van der Waals surface area contributed by atoms with Crippen LogP contribution >= 0.6 is 12.4 Å². The molecule has 0 aromatic carbocycles. The second-order valence-corrected chi connectivity index (χ2v) is 6.63. The Labute approximate surface area is 124 Å². The van der Waals surface area contributed by atoms with Gasteiger partial charge >= 0.3 is 0 Å². The van der Waals surface area contributed by atoms with Crippen molar-refractivity contribution in [1.82, 2.24) is 10.6 Å². The van der Waals surface area contributed by atoms with Crippen LogP contribution in [0.4, 0.5) is 0 Å². The largest absolute Gasteiger partial charge is 0.353 e. The molecule has 0 saturated carbocycles. The van der Waals surface area contributed by atoms with E-state index in [0.29, 0.717) is 6.42 Å². The van der Waals surface area contributed by atoms with Crippen molar-refractivity contribution >= 4 is 18.3 Å². The van der Waals surface area contributed by atoms with Gasteiger partial charge in [-0.1, -0.05) is 27.7 Å². The highest BCUT2D eigenvalue weighted by atomic mass is 35.5. The van der Waals surface area contributed by atoms with Crippen LogP contribution in [0.25, 0.3) is 0 Å². The van der Waals surface area contributed by atoms with Gasteiger partial charge in [-0.3, -0.25) is 4.79 Å². The number of piperidine rings is 1. The van der Waals surface area contributed by atoms with Gasteiger partial charge in [0.15, 0.2) is 0 Å². The minimum atomic E-state index is 0. The van der Waals surface area contributed by atoms with Gasteiger partial charge in [-0.25, -0.2) is 0 Å². The van der Waals surface area contributed by atoms with E-state index in [2.05, 4.69) is 38.3 Å². The van der Waals surface area contributed by atoms with Gasteiger partial charge in [0, 0.05) is 12.5 Å². The maximum absolute atomic E-state index is 12.0. The molecule has 0 aromatic heterocycles. The summed E-state index contributed by atoms with van der Waals surface area (Å²) in [4.78, 5) is 12.0. The summed E-state index contributed by atoms with van der Waals surface area (Å²) in [5, 5.41) is 6.55. The van der Waals surface area contributed by atoms with Crippen molar-refractivity contribution in [2.75, 3.05) is 13.1 Å². The molecule has 114 valence electrons. The summed E-state index contributed by atoms with van der Waals surface area (Å²) in [5.41, 5.74) is 0.152. The number of nitrogens with one attached hydrogen (secondary N) is 2. The third-order valence-corrected chi connectivity index (χ3v) is 4.03. The lowest BCUT2D eigenvalue weighted by Gasteiger charge is -2.31. The molecule has 1 heterocycles. The summed E-state index contributed by atoms with van der Waals surface area (Å²) in [6, 6.07) is 0.290. The Kier molecular flexibility index (Phi) is 8.67. The Morgan fingerprint density at radius 1 is 1.32 bits per heavy atom. The number of hydrogen-bond acceptors (Lipinski definition) is 2. The van der Waals surface area contributed by atoms with Gasteiger partial charge in [0.2, 0.25) is 5.91 Å². The average Bonchev–Trinajstić information content (AvgIpc) is 2.33. The molecule has 1 unspecified atom stereocenters. The zero-order chi connectivity index (χ0) is 13.6. The predicted molar refractivity (Wildman–Crippen MR) is 83.8 cm³/mol. The zero-order valence-electron chi connectivity index (χ0n) is 12.9. The lowest BCUT2D eigenvalue weighted by atomic mass is 9.85. The number of hydrogen-bond donors (Lipinski definition) is 2. The second-order valence-electron chi connectivity index (χ2n) is 6.63. The highest BCUT2D eigenvalue weighted by Crippen LogP contribution is 2.22. The first-order valence-electron chi connectivity index (χ1n) is 7.43. The van der Waals surface area contributed by atoms with Crippen LogP contribution in [0, 0.1) is 11.3 Å². The maximum atomic E-state index is 12.0. The SMILES string of the molecule is CCC(NC(=O)CCC1CCNCC1)C(C)(C)C.Cl. The van der Waals surface area contributed by atoms with E-state index in [1.807, 2.05) is 0 Å². The molecule has 1 saturated heterocycles. The van der Waals surface area contributed by atoms with Gasteiger partial charge in [-0.15, -0.1) is 12.4 Å². The maximum Gasteiger partial charge on any atom is 0.220 e. The topological polar surface area (TPSA) is 41.1 Å². The van der Waals surface area contributed by atoms with E-state index in [4.69, 9.17) is 0 Å². The first-order chi connectivity index (χ1) is 8.43. The van der Waals surface area contributed by atoms with Gasteiger partial charge in [-0.2, -0.15) is 0 Å². The van der Waals surface area contributed by atoms with Crippen LogP contribution in [-0.4, -0.2) is 25.0 Å². The quantitative estimate of drug-likeness (QED) is 0.817. The van der Waals surface area contributed by atoms with Crippen LogP contribution in [0.2, 0.25) is 0 Å². The molecule has 1 aliphatic rings. The molecule has 1 rings (SSSR count). The summed E-state index contributed by atoms with van der Waals surface area (Å²) >= 11 is 0. The lowest BCUT2D eigenvalue weighted by molar-refractivity contribution is -0.122. The highest BCUT2D eigenvalue weighted by Gasteiger charge is 2.24. The first-order valence-corrected chi connectivity index (χ1v) is 7.43. The molecule has 3 nitrogen and oxygen atoms in total. The van der Waals surface area contributed by atoms with Gasteiger partial charge < -0.3 is 10.6 Å². The van der Waals surface area contributed by atoms with E-state index in [-0.39, 0.29) is 29.8 Å². The molecule has 4 heteroatoms. The van der Waals surface area contributed by atoms with Crippen molar-refractivity contribution < 1.29 is 4.79 Å². The third-order valence-electron chi connectivity index (χ3n) is 4.03. The van der Waals surface area contributed by atoms with Crippen LogP contribution in [0.15, 0.2) is 0 Å². The van der Waals surface area contributed by atoms with Crippen molar-refractivity contribution in [3.05, 3.63) is 0 Å². The Bertz CT molecular complexity index is 257. The van der Waals surface area contributed by atoms with Gasteiger partial charge in [0.1, 0.15) is 0 Å². The van der Waals surface area contributed by atoms with E-state index in [9.17, 15) is 4.79 Å². The predicted octanol–water partition coefficient (Wildman–Crippen LogP) is 3.13. The van der Waals surface area contributed by atoms with E-state index in [0.717, 1.165) is 31.8 Å². The summed E-state index contributed by atoms with van der Waals surface area (Å²) < 4.78 is 0. The number of amides is 1. The monoisotopic (exact) mass is 290 g/mol. The second kappa shape index (κ2) is 8.80. The Morgan fingerprint density at radius 2 is 1.89 bits per heavy atom. The molecule has 1 aliphatic heterocycles. The van der Waals surface area contributed by atoms with Crippen molar-refractivity contribution in [2.45, 2.75) is 65.8 Å². The van der Waals surface area contributed by atoms with E-state index < -0.39 is 0 Å². The van der Waals surface area contributed by atoms with Gasteiger partial charge in [0.25, 0.3) is 0 Å².